The average Bonchev–Trinajstić information content (AvgIpc) is 3.62. The molecule has 1 aromatic carbocycles. The van der Waals surface area contributed by atoms with Crippen molar-refractivity contribution in [1.82, 2.24) is 19.4 Å². The average molecular weight is 590 g/mol. The van der Waals surface area contributed by atoms with Crippen LogP contribution in [0, 0.1) is 0 Å². The summed E-state index contributed by atoms with van der Waals surface area (Å²) in [5.74, 6) is 0.886. The van der Waals surface area contributed by atoms with Crippen LogP contribution >= 0.6 is 15.9 Å². The van der Waals surface area contributed by atoms with E-state index in [1.54, 1.807) is 4.90 Å². The molecular formula is C28H41BrN4O3Si. The highest BCUT2D eigenvalue weighted by Gasteiger charge is 2.41. The van der Waals surface area contributed by atoms with E-state index in [0.29, 0.717) is 30.9 Å². The molecule has 9 heteroatoms. The van der Waals surface area contributed by atoms with Gasteiger partial charge in [-0.2, -0.15) is 0 Å². The number of piperazine rings is 1. The molecule has 0 N–H and O–H groups in total. The smallest absolute Gasteiger partial charge is 0.290 e. The summed E-state index contributed by atoms with van der Waals surface area (Å²) in [7, 11) is 0.0978. The molecule has 1 aliphatic heterocycles. The number of benzene rings is 1. The fourth-order valence-corrected chi connectivity index (χ4v) is 7.77. The van der Waals surface area contributed by atoms with E-state index in [4.69, 9.17) is 9.41 Å². The van der Waals surface area contributed by atoms with Crippen LogP contribution in [0.15, 0.2) is 16.6 Å². The lowest BCUT2D eigenvalue weighted by molar-refractivity contribution is -0.138. The van der Waals surface area contributed by atoms with Crippen LogP contribution in [0.2, 0.25) is 18.1 Å². The summed E-state index contributed by atoms with van der Waals surface area (Å²) in [4.78, 5) is 35.1. The first-order valence-corrected chi connectivity index (χ1v) is 17.5. The first kappa shape index (κ1) is 26.9. The molecule has 202 valence electrons. The second-order valence-electron chi connectivity index (χ2n) is 12.8. The van der Waals surface area contributed by atoms with Gasteiger partial charge < -0.3 is 18.8 Å². The third-order valence-electron chi connectivity index (χ3n) is 9.08. The molecule has 3 aliphatic rings. The third-order valence-corrected chi connectivity index (χ3v) is 14.2. The molecular weight excluding hydrogens is 548 g/mol. The zero-order valence-corrected chi connectivity index (χ0v) is 25.7. The molecule has 0 atom stereocenters. The van der Waals surface area contributed by atoms with Gasteiger partial charge in [-0.1, -0.05) is 20.8 Å². The zero-order chi connectivity index (χ0) is 26.7. The molecule has 3 fully saturated rings. The Hall–Kier alpha value is -1.71. The number of carbonyl (C=O) groups excluding carboxylic acids is 2. The van der Waals surface area contributed by atoms with Crippen LogP contribution in [-0.4, -0.2) is 71.3 Å². The Bertz CT molecular complexity index is 1210. The van der Waals surface area contributed by atoms with Crippen LogP contribution in [0.5, 0.6) is 0 Å². The predicted octanol–water partition coefficient (Wildman–Crippen LogP) is 5.83. The number of halogens is 1. The number of hydrogen-bond donors (Lipinski definition) is 0. The fourth-order valence-electron chi connectivity index (χ4n) is 5.62. The van der Waals surface area contributed by atoms with Crippen LogP contribution in [0.25, 0.3) is 11.0 Å². The summed E-state index contributed by atoms with van der Waals surface area (Å²) in [6.45, 7) is 12.7. The van der Waals surface area contributed by atoms with Crippen molar-refractivity contribution in [3.63, 3.8) is 0 Å². The molecule has 1 saturated heterocycles. The summed E-state index contributed by atoms with van der Waals surface area (Å²) >= 11 is 3.69. The van der Waals surface area contributed by atoms with E-state index in [-0.39, 0.29) is 29.4 Å². The first-order chi connectivity index (χ1) is 17.4. The molecule has 0 radical (unpaired) electrons. The van der Waals surface area contributed by atoms with E-state index in [1.807, 2.05) is 16.5 Å². The molecule has 2 aromatic rings. The quantitative estimate of drug-likeness (QED) is 0.412. The minimum absolute atomic E-state index is 0.0457. The Morgan fingerprint density at radius 1 is 1.08 bits per heavy atom. The molecule has 2 aliphatic carbocycles. The maximum Gasteiger partial charge on any atom is 0.290 e. The zero-order valence-electron chi connectivity index (χ0n) is 23.1. The minimum atomic E-state index is -1.78. The molecule has 2 heterocycles. The number of hydrogen-bond acceptors (Lipinski definition) is 4. The number of carbonyl (C=O) groups is 2. The molecule has 1 aromatic heterocycles. The monoisotopic (exact) mass is 588 g/mol. The summed E-state index contributed by atoms with van der Waals surface area (Å²) in [5.41, 5.74) is 3.04. The van der Waals surface area contributed by atoms with Crippen molar-refractivity contribution < 1.29 is 14.0 Å². The number of rotatable bonds is 5. The highest BCUT2D eigenvalue weighted by molar-refractivity contribution is 9.10. The van der Waals surface area contributed by atoms with Gasteiger partial charge in [0.05, 0.1) is 11.0 Å². The highest BCUT2D eigenvalue weighted by Crippen LogP contribution is 2.43. The number of imidazole rings is 1. The van der Waals surface area contributed by atoms with Crippen molar-refractivity contribution in [3.8, 4) is 0 Å². The van der Waals surface area contributed by atoms with Gasteiger partial charge in [-0.25, -0.2) is 4.98 Å². The SMILES string of the molecule is Cn1c(C(=O)N2CCN([C@H]3CC[C@H](O[Si](C)(C)C(C)(C)C)CC3)C(=O)C2)nc2cc(C3CC3)cc(Br)c21. The Morgan fingerprint density at radius 3 is 2.35 bits per heavy atom. The Balaban J connectivity index is 1.21. The number of aryl methyl sites for hydroxylation is 1. The van der Waals surface area contributed by atoms with E-state index in [1.165, 1.54) is 18.4 Å². The summed E-state index contributed by atoms with van der Waals surface area (Å²) < 4.78 is 9.47. The third kappa shape index (κ3) is 5.28. The number of fused-ring (bicyclic) bond motifs is 1. The maximum atomic E-state index is 13.5. The number of amides is 2. The van der Waals surface area contributed by atoms with Gasteiger partial charge in [0, 0.05) is 36.8 Å². The van der Waals surface area contributed by atoms with Crippen LogP contribution in [0.1, 0.15) is 81.4 Å². The van der Waals surface area contributed by atoms with Gasteiger partial charge in [0.2, 0.25) is 5.91 Å². The van der Waals surface area contributed by atoms with Gasteiger partial charge in [-0.15, -0.1) is 0 Å². The van der Waals surface area contributed by atoms with Crippen LogP contribution in [0.3, 0.4) is 0 Å². The molecule has 0 unspecified atom stereocenters. The second-order valence-corrected chi connectivity index (χ2v) is 18.4. The van der Waals surface area contributed by atoms with Crippen molar-refractivity contribution in [3.05, 3.63) is 28.0 Å². The lowest BCUT2D eigenvalue weighted by Crippen LogP contribution is -2.56. The van der Waals surface area contributed by atoms with Gasteiger partial charge in [-0.05, 0) is 96.2 Å². The summed E-state index contributed by atoms with van der Waals surface area (Å²) in [6, 6.07) is 4.52. The number of nitrogens with zero attached hydrogens (tertiary/aromatic N) is 4. The van der Waals surface area contributed by atoms with Crippen LogP contribution in [-0.2, 0) is 16.3 Å². The first-order valence-electron chi connectivity index (χ1n) is 13.8. The normalized spacial score (nSPS) is 23.7. The fraction of sp³-hybridized carbons (Fsp3) is 0.679. The van der Waals surface area contributed by atoms with E-state index < -0.39 is 8.32 Å². The van der Waals surface area contributed by atoms with Gasteiger partial charge in [0.15, 0.2) is 14.1 Å². The Morgan fingerprint density at radius 2 is 1.76 bits per heavy atom. The van der Waals surface area contributed by atoms with E-state index in [0.717, 1.165) is 41.2 Å². The highest BCUT2D eigenvalue weighted by atomic mass is 79.9. The van der Waals surface area contributed by atoms with Gasteiger partial charge in [-0.3, -0.25) is 9.59 Å². The lowest BCUT2D eigenvalue weighted by Gasteiger charge is -2.44. The minimum Gasteiger partial charge on any atom is -0.414 e. The van der Waals surface area contributed by atoms with Gasteiger partial charge in [0.25, 0.3) is 5.91 Å². The van der Waals surface area contributed by atoms with Crippen molar-refractivity contribution in [2.24, 2.45) is 7.05 Å². The van der Waals surface area contributed by atoms with Crippen molar-refractivity contribution in [2.45, 2.75) is 95.5 Å². The topological polar surface area (TPSA) is 67.7 Å². The van der Waals surface area contributed by atoms with E-state index in [2.05, 4.69) is 61.9 Å². The van der Waals surface area contributed by atoms with E-state index in [9.17, 15) is 9.59 Å². The molecule has 2 amide bonds. The van der Waals surface area contributed by atoms with Crippen LogP contribution in [0.4, 0.5) is 0 Å². The molecule has 5 rings (SSSR count). The lowest BCUT2D eigenvalue weighted by atomic mass is 9.91. The van der Waals surface area contributed by atoms with Crippen molar-refractivity contribution >= 4 is 47.1 Å². The largest absolute Gasteiger partial charge is 0.414 e. The van der Waals surface area contributed by atoms with Crippen molar-refractivity contribution in [2.75, 3.05) is 19.6 Å². The van der Waals surface area contributed by atoms with Crippen molar-refractivity contribution in [1.29, 1.82) is 0 Å². The molecule has 7 nitrogen and oxygen atoms in total. The maximum absolute atomic E-state index is 13.5. The standard InChI is InChI=1S/C28H41BrN4O3Si/c1-28(2,3)37(5,6)36-21-11-9-20(10-12-21)33-14-13-32(17-24(33)34)27(35)26-30-23-16-19(18-7-8-18)15-22(29)25(23)31(26)4/h15-16,18,20-21H,7-14,17H2,1-6H3/t20-,21-. The van der Waals surface area contributed by atoms with Gasteiger partial charge in [0.1, 0.15) is 6.54 Å². The van der Waals surface area contributed by atoms with E-state index >= 15 is 0 Å². The summed E-state index contributed by atoms with van der Waals surface area (Å²) in [6.07, 6.45) is 6.68. The summed E-state index contributed by atoms with van der Waals surface area (Å²) in [5, 5.41) is 0.206. The second kappa shape index (κ2) is 9.79. The molecule has 37 heavy (non-hydrogen) atoms. The predicted molar refractivity (Wildman–Crippen MR) is 152 cm³/mol. The molecule has 0 spiro atoms. The molecule has 0 bridgehead atoms. The number of aromatic nitrogens is 2. The molecule has 2 saturated carbocycles. The van der Waals surface area contributed by atoms with Gasteiger partial charge >= 0.3 is 0 Å². The Kier molecular flexibility index (Phi) is 7.11. The Labute approximate surface area is 230 Å². The van der Waals surface area contributed by atoms with Crippen LogP contribution < -0.4 is 0 Å².